The summed E-state index contributed by atoms with van der Waals surface area (Å²) in [6.07, 6.45) is 2.53. The van der Waals surface area contributed by atoms with Crippen molar-refractivity contribution in [1.82, 2.24) is 19.8 Å². The number of morpholine rings is 1. The van der Waals surface area contributed by atoms with E-state index in [2.05, 4.69) is 28.9 Å². The highest BCUT2D eigenvalue weighted by Gasteiger charge is 2.34. The molecule has 2 aliphatic rings. The van der Waals surface area contributed by atoms with Gasteiger partial charge in [-0.15, -0.1) is 0 Å². The maximum atomic E-state index is 12.9. The number of rotatable bonds is 4. The second-order valence-electron chi connectivity index (χ2n) is 6.88. The van der Waals surface area contributed by atoms with Gasteiger partial charge in [0.15, 0.2) is 0 Å². The van der Waals surface area contributed by atoms with Crippen molar-refractivity contribution in [3.8, 4) is 0 Å². The van der Waals surface area contributed by atoms with Crippen molar-refractivity contribution in [2.45, 2.75) is 44.8 Å². The van der Waals surface area contributed by atoms with Crippen LogP contribution in [0, 0.1) is 0 Å². The van der Waals surface area contributed by atoms with Crippen molar-refractivity contribution >= 4 is 16.9 Å². The Bertz CT molecular complexity index is 751. The molecule has 6 nitrogen and oxygen atoms in total. The van der Waals surface area contributed by atoms with Gasteiger partial charge in [-0.25, -0.2) is 4.98 Å². The number of benzene rings is 1. The lowest BCUT2D eigenvalue weighted by atomic mass is 10.1. The number of carbonyl (C=O) groups is 1. The number of carbonyl (C=O) groups excluding carboxylic acids is 1. The van der Waals surface area contributed by atoms with E-state index in [1.807, 2.05) is 17.0 Å². The summed E-state index contributed by atoms with van der Waals surface area (Å²) in [6, 6.07) is 8.45. The first-order chi connectivity index (χ1) is 12.3. The van der Waals surface area contributed by atoms with Crippen molar-refractivity contribution in [3.63, 3.8) is 0 Å². The summed E-state index contributed by atoms with van der Waals surface area (Å²) in [6.45, 7) is 6.01. The van der Waals surface area contributed by atoms with Gasteiger partial charge in [-0.05, 0) is 31.9 Å². The van der Waals surface area contributed by atoms with E-state index in [1.165, 1.54) is 0 Å². The summed E-state index contributed by atoms with van der Waals surface area (Å²) in [5, 5.41) is 3.38. The number of hydrogen-bond acceptors (Lipinski definition) is 4. The number of hydrogen-bond donors (Lipinski definition) is 1. The van der Waals surface area contributed by atoms with Crippen LogP contribution in [0.3, 0.4) is 0 Å². The highest BCUT2D eigenvalue weighted by molar-refractivity contribution is 5.79. The normalized spacial score (nSPS) is 24.1. The zero-order valence-corrected chi connectivity index (χ0v) is 14.8. The Morgan fingerprint density at radius 3 is 3.08 bits per heavy atom. The van der Waals surface area contributed by atoms with Gasteiger partial charge in [0.25, 0.3) is 0 Å². The fraction of sp³-hybridized carbons (Fsp3) is 0.579. The first-order valence-electron chi connectivity index (χ1n) is 9.33. The quantitative estimate of drug-likeness (QED) is 0.924. The van der Waals surface area contributed by atoms with E-state index < -0.39 is 0 Å². The van der Waals surface area contributed by atoms with E-state index >= 15 is 0 Å². The number of imidazole rings is 1. The molecule has 1 aromatic heterocycles. The lowest BCUT2D eigenvalue weighted by molar-refractivity contribution is -0.133. The lowest BCUT2D eigenvalue weighted by Gasteiger charge is -2.29. The number of likely N-dealkylation sites (tertiary alicyclic amines) is 1. The maximum absolute atomic E-state index is 12.9. The van der Waals surface area contributed by atoms with Crippen LogP contribution >= 0.6 is 0 Å². The van der Waals surface area contributed by atoms with Gasteiger partial charge in [0.05, 0.1) is 30.3 Å². The van der Waals surface area contributed by atoms with Crippen LogP contribution in [0.2, 0.25) is 0 Å². The fourth-order valence-electron chi connectivity index (χ4n) is 4.09. The SMILES string of the molecule is CCn1c(C2CCCN2C(=O)CC2COCCN2)nc2ccccc21. The highest BCUT2D eigenvalue weighted by atomic mass is 16.5. The second-order valence-corrected chi connectivity index (χ2v) is 6.88. The standard InChI is InChI=1S/C19H26N4O2/c1-2-22-16-7-4-3-6-15(16)21-19(22)17-8-5-10-23(17)18(24)12-14-13-25-11-9-20-14/h3-4,6-7,14,17,20H,2,5,8-13H2,1H3. The van der Waals surface area contributed by atoms with Crippen molar-refractivity contribution in [2.75, 3.05) is 26.3 Å². The molecule has 2 unspecified atom stereocenters. The number of amides is 1. The Morgan fingerprint density at radius 1 is 1.40 bits per heavy atom. The van der Waals surface area contributed by atoms with Crippen LogP contribution in [0.4, 0.5) is 0 Å². The van der Waals surface area contributed by atoms with Gasteiger partial charge in [0.1, 0.15) is 5.82 Å². The van der Waals surface area contributed by atoms with Crippen molar-refractivity contribution in [3.05, 3.63) is 30.1 Å². The zero-order valence-electron chi connectivity index (χ0n) is 14.8. The summed E-state index contributed by atoms with van der Waals surface area (Å²) in [4.78, 5) is 19.8. The number of fused-ring (bicyclic) bond motifs is 1. The van der Waals surface area contributed by atoms with Crippen LogP contribution < -0.4 is 5.32 Å². The molecule has 2 saturated heterocycles. The van der Waals surface area contributed by atoms with Gasteiger partial charge in [-0.3, -0.25) is 4.79 Å². The number of nitrogens with one attached hydrogen (secondary N) is 1. The number of para-hydroxylation sites is 2. The van der Waals surface area contributed by atoms with Crippen LogP contribution in [0.15, 0.2) is 24.3 Å². The molecule has 1 aromatic carbocycles. The van der Waals surface area contributed by atoms with Crippen LogP contribution in [-0.2, 0) is 16.1 Å². The lowest BCUT2D eigenvalue weighted by Crippen LogP contribution is -2.45. The minimum atomic E-state index is 0.0874. The molecule has 3 heterocycles. The molecule has 2 atom stereocenters. The molecule has 0 saturated carbocycles. The summed E-state index contributed by atoms with van der Waals surface area (Å²) in [5.41, 5.74) is 2.17. The first kappa shape index (κ1) is 16.5. The van der Waals surface area contributed by atoms with E-state index in [4.69, 9.17) is 9.72 Å². The molecule has 6 heteroatoms. The van der Waals surface area contributed by atoms with E-state index in [9.17, 15) is 4.79 Å². The van der Waals surface area contributed by atoms with Crippen molar-refractivity contribution in [2.24, 2.45) is 0 Å². The molecule has 0 spiro atoms. The van der Waals surface area contributed by atoms with Gasteiger partial charge >= 0.3 is 0 Å². The third-order valence-corrected chi connectivity index (χ3v) is 5.29. The molecule has 1 N–H and O–H groups in total. The molecule has 0 bridgehead atoms. The summed E-state index contributed by atoms with van der Waals surface area (Å²) >= 11 is 0. The number of ether oxygens (including phenoxy) is 1. The fourth-order valence-corrected chi connectivity index (χ4v) is 4.09. The molecule has 2 aromatic rings. The maximum Gasteiger partial charge on any atom is 0.224 e. The average Bonchev–Trinajstić information content (AvgIpc) is 3.26. The van der Waals surface area contributed by atoms with E-state index in [0.29, 0.717) is 13.0 Å². The Labute approximate surface area is 148 Å². The monoisotopic (exact) mass is 342 g/mol. The molecule has 4 rings (SSSR count). The summed E-state index contributed by atoms with van der Waals surface area (Å²) < 4.78 is 7.74. The van der Waals surface area contributed by atoms with E-state index in [0.717, 1.165) is 55.9 Å². The predicted molar refractivity (Wildman–Crippen MR) is 96.3 cm³/mol. The van der Waals surface area contributed by atoms with Crippen LogP contribution in [0.1, 0.15) is 38.1 Å². The first-order valence-corrected chi connectivity index (χ1v) is 9.33. The topological polar surface area (TPSA) is 59.4 Å². The number of nitrogens with zero attached hydrogens (tertiary/aromatic N) is 3. The number of aryl methyl sites for hydroxylation is 1. The number of aromatic nitrogens is 2. The smallest absolute Gasteiger partial charge is 0.224 e. The third kappa shape index (κ3) is 3.16. The minimum Gasteiger partial charge on any atom is -0.378 e. The van der Waals surface area contributed by atoms with Crippen molar-refractivity contribution < 1.29 is 9.53 Å². The average molecular weight is 342 g/mol. The molecule has 0 radical (unpaired) electrons. The highest BCUT2D eigenvalue weighted by Crippen LogP contribution is 2.34. The molecule has 1 amide bonds. The van der Waals surface area contributed by atoms with Gasteiger partial charge in [0, 0.05) is 32.1 Å². The third-order valence-electron chi connectivity index (χ3n) is 5.29. The molecule has 134 valence electrons. The Hall–Kier alpha value is -1.92. The Balaban J connectivity index is 1.58. The van der Waals surface area contributed by atoms with Gasteiger partial charge in [-0.1, -0.05) is 12.1 Å². The van der Waals surface area contributed by atoms with Crippen LogP contribution in [0.25, 0.3) is 11.0 Å². The van der Waals surface area contributed by atoms with Gasteiger partial charge in [-0.2, -0.15) is 0 Å². The molecule has 2 fully saturated rings. The van der Waals surface area contributed by atoms with Crippen LogP contribution in [-0.4, -0.2) is 52.7 Å². The summed E-state index contributed by atoms with van der Waals surface area (Å²) in [7, 11) is 0. The van der Waals surface area contributed by atoms with E-state index in [1.54, 1.807) is 0 Å². The Kier molecular flexibility index (Phi) is 4.72. The molecule has 0 aliphatic carbocycles. The predicted octanol–water partition coefficient (Wildman–Crippen LogP) is 2.10. The molecule has 25 heavy (non-hydrogen) atoms. The molecule has 2 aliphatic heterocycles. The molecular weight excluding hydrogens is 316 g/mol. The molecular formula is C19H26N4O2. The van der Waals surface area contributed by atoms with Crippen LogP contribution in [0.5, 0.6) is 0 Å². The second kappa shape index (κ2) is 7.14. The Morgan fingerprint density at radius 2 is 2.28 bits per heavy atom. The largest absolute Gasteiger partial charge is 0.378 e. The summed E-state index contributed by atoms with van der Waals surface area (Å²) in [5.74, 6) is 1.24. The van der Waals surface area contributed by atoms with E-state index in [-0.39, 0.29) is 18.0 Å². The zero-order chi connectivity index (χ0) is 17.2. The van der Waals surface area contributed by atoms with Crippen molar-refractivity contribution in [1.29, 1.82) is 0 Å². The van der Waals surface area contributed by atoms with Gasteiger partial charge in [0.2, 0.25) is 5.91 Å². The minimum absolute atomic E-state index is 0.0874. The van der Waals surface area contributed by atoms with Gasteiger partial charge < -0.3 is 19.5 Å².